The zero-order valence-corrected chi connectivity index (χ0v) is 14.8. The summed E-state index contributed by atoms with van der Waals surface area (Å²) in [5, 5.41) is 3.71. The van der Waals surface area contributed by atoms with Crippen molar-refractivity contribution in [2.75, 3.05) is 19.7 Å². The first-order valence-electron chi connectivity index (χ1n) is 8.40. The van der Waals surface area contributed by atoms with Gasteiger partial charge >= 0.3 is 0 Å². The molecular formula is C18H27ClN2O2. The molecule has 0 amide bonds. The average molecular weight is 339 g/mol. The molecule has 2 fully saturated rings. The van der Waals surface area contributed by atoms with E-state index in [4.69, 9.17) is 4.74 Å². The minimum absolute atomic E-state index is 0. The molecule has 2 aliphatic rings. The summed E-state index contributed by atoms with van der Waals surface area (Å²) in [7, 11) is 0. The molecule has 2 unspecified atom stereocenters. The maximum atomic E-state index is 11.7. The summed E-state index contributed by atoms with van der Waals surface area (Å²) < 4.78 is 5.75. The third-order valence-electron chi connectivity index (χ3n) is 4.77. The van der Waals surface area contributed by atoms with E-state index >= 15 is 0 Å². The number of likely N-dealkylation sites (tertiary alicyclic amines) is 1. The van der Waals surface area contributed by atoms with Crippen LogP contribution in [0.25, 0.3) is 0 Å². The van der Waals surface area contributed by atoms with Gasteiger partial charge in [0.1, 0.15) is 5.75 Å². The number of Topliss-reactive ketones (excluding diaryl/α,β-unsaturated/α-hetero) is 1. The van der Waals surface area contributed by atoms with E-state index in [-0.39, 0.29) is 18.2 Å². The lowest BCUT2D eigenvalue weighted by atomic mass is 10.0. The second kappa shape index (κ2) is 8.13. The van der Waals surface area contributed by atoms with E-state index < -0.39 is 0 Å². The van der Waals surface area contributed by atoms with Crippen molar-refractivity contribution < 1.29 is 9.53 Å². The Morgan fingerprint density at radius 3 is 2.83 bits per heavy atom. The molecule has 1 N–H and O–H groups in total. The van der Waals surface area contributed by atoms with Crippen molar-refractivity contribution in [2.24, 2.45) is 0 Å². The lowest BCUT2D eigenvalue weighted by molar-refractivity contribution is 0.101. The highest BCUT2D eigenvalue weighted by Gasteiger charge is 2.29. The molecule has 4 nitrogen and oxygen atoms in total. The summed E-state index contributed by atoms with van der Waals surface area (Å²) >= 11 is 0. The maximum Gasteiger partial charge on any atom is 0.159 e. The molecule has 23 heavy (non-hydrogen) atoms. The van der Waals surface area contributed by atoms with Crippen LogP contribution in [-0.4, -0.2) is 42.5 Å². The number of rotatable bonds is 5. The van der Waals surface area contributed by atoms with Gasteiger partial charge in [-0.05, 0) is 51.3 Å². The van der Waals surface area contributed by atoms with Crippen LogP contribution in [0.3, 0.4) is 0 Å². The number of carbonyl (C=O) groups is 1. The Labute approximate surface area is 145 Å². The van der Waals surface area contributed by atoms with Gasteiger partial charge in [0, 0.05) is 42.8 Å². The predicted molar refractivity (Wildman–Crippen MR) is 94.7 cm³/mol. The number of fused-ring (bicyclic) bond motifs is 2. The number of halogens is 1. The Morgan fingerprint density at radius 1 is 1.30 bits per heavy atom. The minimum Gasteiger partial charge on any atom is -0.494 e. The molecular weight excluding hydrogens is 312 g/mol. The first kappa shape index (κ1) is 18.2. The monoisotopic (exact) mass is 338 g/mol. The van der Waals surface area contributed by atoms with Crippen LogP contribution in [-0.2, 0) is 6.54 Å². The topological polar surface area (TPSA) is 41.6 Å². The van der Waals surface area contributed by atoms with Crippen molar-refractivity contribution in [1.29, 1.82) is 0 Å². The van der Waals surface area contributed by atoms with Crippen molar-refractivity contribution in [1.82, 2.24) is 10.2 Å². The molecule has 2 atom stereocenters. The molecule has 2 saturated heterocycles. The number of ether oxygens (including phenoxy) is 1. The van der Waals surface area contributed by atoms with Crippen LogP contribution in [0.4, 0.5) is 0 Å². The van der Waals surface area contributed by atoms with E-state index in [0.29, 0.717) is 18.7 Å². The highest BCUT2D eigenvalue weighted by molar-refractivity contribution is 5.94. The molecule has 0 saturated carbocycles. The fourth-order valence-electron chi connectivity index (χ4n) is 3.62. The molecule has 0 aliphatic carbocycles. The average Bonchev–Trinajstić information content (AvgIpc) is 2.83. The standard InChI is InChI=1S/C18H26N2O2.ClH/c1-3-22-18-7-4-14(13(2)21)10-15(18)11-20-9-8-16-5-6-17(12-20)19-16;/h4,7,10,16-17,19H,3,5-6,8-9,11-12H2,1-2H3;1H. The zero-order valence-electron chi connectivity index (χ0n) is 14.0. The Hall–Kier alpha value is -1.10. The maximum absolute atomic E-state index is 11.7. The van der Waals surface area contributed by atoms with E-state index in [0.717, 1.165) is 36.5 Å². The van der Waals surface area contributed by atoms with Gasteiger partial charge in [-0.2, -0.15) is 0 Å². The molecule has 2 aliphatic heterocycles. The van der Waals surface area contributed by atoms with Gasteiger partial charge in [0.05, 0.1) is 6.61 Å². The van der Waals surface area contributed by atoms with Crippen LogP contribution in [0.2, 0.25) is 0 Å². The van der Waals surface area contributed by atoms with Gasteiger partial charge in [-0.3, -0.25) is 9.69 Å². The van der Waals surface area contributed by atoms with Crippen LogP contribution in [0.5, 0.6) is 5.75 Å². The number of ketones is 1. The molecule has 0 aromatic heterocycles. The van der Waals surface area contributed by atoms with Crippen LogP contribution < -0.4 is 10.1 Å². The summed E-state index contributed by atoms with van der Waals surface area (Å²) in [6, 6.07) is 7.13. The van der Waals surface area contributed by atoms with Crippen LogP contribution >= 0.6 is 12.4 Å². The van der Waals surface area contributed by atoms with Crippen molar-refractivity contribution >= 4 is 18.2 Å². The summed E-state index contributed by atoms with van der Waals surface area (Å²) in [6.07, 6.45) is 3.82. The van der Waals surface area contributed by atoms with Crippen molar-refractivity contribution in [3.63, 3.8) is 0 Å². The summed E-state index contributed by atoms with van der Waals surface area (Å²) in [5.74, 6) is 1.02. The second-order valence-electron chi connectivity index (χ2n) is 6.47. The highest BCUT2D eigenvalue weighted by atomic mass is 35.5. The van der Waals surface area contributed by atoms with Crippen LogP contribution in [0.15, 0.2) is 18.2 Å². The van der Waals surface area contributed by atoms with Crippen molar-refractivity contribution in [2.45, 2.75) is 51.7 Å². The quantitative estimate of drug-likeness (QED) is 0.838. The summed E-state index contributed by atoms with van der Waals surface area (Å²) in [5.41, 5.74) is 1.90. The van der Waals surface area contributed by atoms with Gasteiger partial charge in [0.25, 0.3) is 0 Å². The Kier molecular flexibility index (Phi) is 6.45. The molecule has 3 rings (SSSR count). The van der Waals surface area contributed by atoms with E-state index in [2.05, 4.69) is 10.2 Å². The number of carbonyl (C=O) groups excluding carboxylic acids is 1. The predicted octanol–water partition coefficient (Wildman–Crippen LogP) is 3.04. The fourth-order valence-corrected chi connectivity index (χ4v) is 3.62. The second-order valence-corrected chi connectivity index (χ2v) is 6.47. The van der Waals surface area contributed by atoms with Gasteiger partial charge < -0.3 is 10.1 Å². The molecule has 0 radical (unpaired) electrons. The van der Waals surface area contributed by atoms with Crippen molar-refractivity contribution in [3.05, 3.63) is 29.3 Å². The highest BCUT2D eigenvalue weighted by Crippen LogP contribution is 2.26. The number of nitrogens with one attached hydrogen (secondary N) is 1. The first-order chi connectivity index (χ1) is 10.7. The number of nitrogens with zero attached hydrogens (tertiary/aromatic N) is 1. The number of hydrogen-bond donors (Lipinski definition) is 1. The molecule has 1 aromatic carbocycles. The van der Waals surface area contributed by atoms with Gasteiger partial charge in [-0.15, -0.1) is 12.4 Å². The zero-order chi connectivity index (χ0) is 15.5. The summed E-state index contributed by atoms with van der Waals surface area (Å²) in [6.45, 7) is 7.34. The molecule has 2 heterocycles. The number of benzene rings is 1. The smallest absolute Gasteiger partial charge is 0.159 e. The van der Waals surface area contributed by atoms with E-state index in [1.807, 2.05) is 25.1 Å². The van der Waals surface area contributed by atoms with Gasteiger partial charge in [0.2, 0.25) is 0 Å². The molecule has 5 heteroatoms. The van der Waals surface area contributed by atoms with Gasteiger partial charge in [0.15, 0.2) is 5.78 Å². The first-order valence-corrected chi connectivity index (χ1v) is 8.40. The normalized spacial score (nSPS) is 23.9. The van der Waals surface area contributed by atoms with Gasteiger partial charge in [-0.25, -0.2) is 0 Å². The lowest BCUT2D eigenvalue weighted by Crippen LogP contribution is -2.35. The molecule has 0 spiro atoms. The van der Waals surface area contributed by atoms with E-state index in [1.54, 1.807) is 6.92 Å². The minimum atomic E-state index is 0. The van der Waals surface area contributed by atoms with E-state index in [9.17, 15) is 4.79 Å². The Bertz CT molecular complexity index is 550. The Morgan fingerprint density at radius 2 is 2.09 bits per heavy atom. The molecule has 2 bridgehead atoms. The molecule has 1 aromatic rings. The Balaban J connectivity index is 0.00000192. The fraction of sp³-hybridized carbons (Fsp3) is 0.611. The lowest BCUT2D eigenvalue weighted by Gasteiger charge is -2.25. The van der Waals surface area contributed by atoms with Crippen LogP contribution in [0.1, 0.15) is 49.0 Å². The van der Waals surface area contributed by atoms with Crippen molar-refractivity contribution in [3.8, 4) is 5.75 Å². The molecule has 128 valence electrons. The third kappa shape index (κ3) is 4.46. The largest absolute Gasteiger partial charge is 0.494 e. The third-order valence-corrected chi connectivity index (χ3v) is 4.77. The van der Waals surface area contributed by atoms with Crippen LogP contribution in [0, 0.1) is 0 Å². The summed E-state index contributed by atoms with van der Waals surface area (Å²) in [4.78, 5) is 14.2. The van der Waals surface area contributed by atoms with Gasteiger partial charge in [-0.1, -0.05) is 0 Å². The SMILES string of the molecule is CCOc1ccc(C(C)=O)cc1CN1CCC2CCC(C1)N2.Cl. The van der Waals surface area contributed by atoms with E-state index in [1.165, 1.54) is 19.3 Å². The number of hydrogen-bond acceptors (Lipinski definition) is 4.